The van der Waals surface area contributed by atoms with Gasteiger partial charge in [-0.2, -0.15) is 0 Å². The lowest BCUT2D eigenvalue weighted by atomic mass is 10.1. The molecule has 116 valence electrons. The predicted octanol–water partition coefficient (Wildman–Crippen LogP) is -1.00. The van der Waals surface area contributed by atoms with Crippen molar-refractivity contribution >= 4 is 23.7 Å². The van der Waals surface area contributed by atoms with E-state index >= 15 is 0 Å². The van der Waals surface area contributed by atoms with Gasteiger partial charge >= 0.3 is 5.97 Å². The summed E-state index contributed by atoms with van der Waals surface area (Å²) in [6.45, 7) is 1.83. The first-order valence-corrected chi connectivity index (χ1v) is 6.62. The molecule has 8 heteroatoms. The molecule has 0 radical (unpaired) electrons. The first kappa shape index (κ1) is 16.8. The number of imide groups is 1. The van der Waals surface area contributed by atoms with Gasteiger partial charge in [-0.05, 0) is 19.8 Å². The van der Waals surface area contributed by atoms with Gasteiger partial charge in [-0.3, -0.25) is 24.1 Å². The quantitative estimate of drug-likeness (QED) is 0.468. The second kappa shape index (κ2) is 7.53. The third kappa shape index (κ3) is 4.99. The van der Waals surface area contributed by atoms with E-state index < -0.39 is 17.9 Å². The smallest absolute Gasteiger partial charge is 0.304 e. The van der Waals surface area contributed by atoms with Gasteiger partial charge in [0.05, 0.1) is 12.5 Å². The Balaban J connectivity index is 2.45. The number of hydrogen-bond donors (Lipinski definition) is 3. The molecule has 0 aromatic heterocycles. The van der Waals surface area contributed by atoms with Crippen molar-refractivity contribution in [2.45, 2.75) is 38.3 Å². The zero-order valence-corrected chi connectivity index (χ0v) is 11.7. The number of primary amides is 1. The van der Waals surface area contributed by atoms with Crippen molar-refractivity contribution in [3.63, 3.8) is 0 Å². The normalized spacial score (nSPS) is 17.1. The fraction of sp³-hybridized carbons (Fsp3) is 0.538. The number of carboxylic acids is 1. The van der Waals surface area contributed by atoms with Crippen molar-refractivity contribution in [2.24, 2.45) is 5.73 Å². The zero-order valence-electron chi connectivity index (χ0n) is 11.7. The second-order valence-corrected chi connectivity index (χ2v) is 4.86. The number of carboxylic acid groups (broad SMARTS) is 1. The summed E-state index contributed by atoms with van der Waals surface area (Å²) in [5.41, 5.74) is 5.24. The molecule has 8 nitrogen and oxygen atoms in total. The molecule has 3 amide bonds. The first-order chi connectivity index (χ1) is 9.82. The monoisotopic (exact) mass is 297 g/mol. The Morgan fingerprint density at radius 2 is 1.86 bits per heavy atom. The van der Waals surface area contributed by atoms with E-state index in [1.807, 2.05) is 0 Å². The molecule has 1 aliphatic heterocycles. The molecule has 1 heterocycles. The van der Waals surface area contributed by atoms with E-state index in [1.54, 1.807) is 6.92 Å². The third-order valence-electron chi connectivity index (χ3n) is 3.23. The van der Waals surface area contributed by atoms with E-state index in [1.165, 1.54) is 12.2 Å². The van der Waals surface area contributed by atoms with Crippen LogP contribution in [0.5, 0.6) is 0 Å². The molecule has 2 unspecified atom stereocenters. The molecule has 4 N–H and O–H groups in total. The maximum atomic E-state index is 11.5. The highest BCUT2D eigenvalue weighted by atomic mass is 16.4. The molecular formula is C13H19N3O5. The van der Waals surface area contributed by atoms with Gasteiger partial charge in [-0.1, -0.05) is 0 Å². The van der Waals surface area contributed by atoms with Crippen LogP contribution in [-0.4, -0.2) is 52.3 Å². The average molecular weight is 297 g/mol. The maximum Gasteiger partial charge on any atom is 0.304 e. The van der Waals surface area contributed by atoms with Crippen molar-refractivity contribution < 1.29 is 24.3 Å². The molecule has 1 rings (SSSR count). The van der Waals surface area contributed by atoms with Crippen molar-refractivity contribution in [1.29, 1.82) is 0 Å². The van der Waals surface area contributed by atoms with E-state index in [9.17, 15) is 19.2 Å². The Kier molecular flexibility index (Phi) is 6.04. The Bertz CT molecular complexity index is 456. The summed E-state index contributed by atoms with van der Waals surface area (Å²) in [7, 11) is 0. The van der Waals surface area contributed by atoms with Crippen LogP contribution in [0.4, 0.5) is 0 Å². The summed E-state index contributed by atoms with van der Waals surface area (Å²) in [5.74, 6) is -2.31. The summed E-state index contributed by atoms with van der Waals surface area (Å²) in [5, 5.41) is 11.3. The number of aliphatic carboxylic acids is 1. The Morgan fingerprint density at radius 1 is 1.29 bits per heavy atom. The molecule has 0 aromatic carbocycles. The van der Waals surface area contributed by atoms with Crippen LogP contribution in [0.2, 0.25) is 0 Å². The van der Waals surface area contributed by atoms with Crippen LogP contribution in [0, 0.1) is 0 Å². The Morgan fingerprint density at radius 3 is 2.33 bits per heavy atom. The number of hydrogen-bond acceptors (Lipinski definition) is 5. The SMILES string of the molecule is CC(CCC(NCCC(=O)O)C(N)=O)N1C(=O)C=CC1=O. The largest absolute Gasteiger partial charge is 0.481 e. The van der Waals surface area contributed by atoms with Gasteiger partial charge in [0.25, 0.3) is 11.8 Å². The lowest BCUT2D eigenvalue weighted by Gasteiger charge is -2.24. The molecule has 0 spiro atoms. The minimum Gasteiger partial charge on any atom is -0.481 e. The van der Waals surface area contributed by atoms with Crippen LogP contribution in [0.25, 0.3) is 0 Å². The summed E-state index contributed by atoms with van der Waals surface area (Å²) >= 11 is 0. The molecule has 0 saturated carbocycles. The van der Waals surface area contributed by atoms with Crippen LogP contribution in [-0.2, 0) is 19.2 Å². The standard InChI is InChI=1S/C13H19N3O5/c1-8(16-10(17)4-5-11(16)18)2-3-9(13(14)21)15-7-6-12(19)20/h4-5,8-9,15H,2-3,6-7H2,1H3,(H2,14,21)(H,19,20). The van der Waals surface area contributed by atoms with Crippen molar-refractivity contribution in [1.82, 2.24) is 10.2 Å². The predicted molar refractivity (Wildman–Crippen MR) is 72.9 cm³/mol. The highest BCUT2D eigenvalue weighted by Crippen LogP contribution is 2.14. The van der Waals surface area contributed by atoms with E-state index in [4.69, 9.17) is 10.8 Å². The van der Waals surface area contributed by atoms with Gasteiger partial charge in [0.1, 0.15) is 0 Å². The third-order valence-corrected chi connectivity index (χ3v) is 3.23. The van der Waals surface area contributed by atoms with E-state index in [-0.39, 0.29) is 30.8 Å². The van der Waals surface area contributed by atoms with Crippen LogP contribution in [0.15, 0.2) is 12.2 Å². The summed E-state index contributed by atoms with van der Waals surface area (Å²) in [6, 6.07) is -1.05. The zero-order chi connectivity index (χ0) is 16.0. The molecule has 21 heavy (non-hydrogen) atoms. The summed E-state index contributed by atoms with van der Waals surface area (Å²) in [6.07, 6.45) is 3.00. The van der Waals surface area contributed by atoms with E-state index in [0.717, 1.165) is 4.90 Å². The first-order valence-electron chi connectivity index (χ1n) is 6.62. The highest BCUT2D eigenvalue weighted by Gasteiger charge is 2.29. The van der Waals surface area contributed by atoms with Crippen molar-refractivity contribution in [3.05, 3.63) is 12.2 Å². The van der Waals surface area contributed by atoms with Gasteiger partial charge in [-0.25, -0.2) is 0 Å². The topological polar surface area (TPSA) is 130 Å². The molecule has 1 aliphatic rings. The number of nitrogens with zero attached hydrogens (tertiary/aromatic N) is 1. The van der Waals surface area contributed by atoms with E-state index in [0.29, 0.717) is 12.8 Å². The van der Waals surface area contributed by atoms with Crippen LogP contribution in [0.3, 0.4) is 0 Å². The fourth-order valence-electron chi connectivity index (χ4n) is 2.08. The Labute approximate surface area is 122 Å². The molecule has 0 saturated heterocycles. The number of nitrogens with two attached hydrogens (primary N) is 1. The minimum atomic E-state index is -0.974. The molecule has 0 bridgehead atoms. The maximum absolute atomic E-state index is 11.5. The number of rotatable bonds is 9. The number of amides is 3. The second-order valence-electron chi connectivity index (χ2n) is 4.86. The van der Waals surface area contributed by atoms with Gasteiger partial charge in [-0.15, -0.1) is 0 Å². The Hall–Kier alpha value is -2.22. The van der Waals surface area contributed by atoms with Gasteiger partial charge < -0.3 is 16.2 Å². The molecular weight excluding hydrogens is 278 g/mol. The molecule has 2 atom stereocenters. The fourth-order valence-corrected chi connectivity index (χ4v) is 2.08. The van der Waals surface area contributed by atoms with Crippen LogP contribution < -0.4 is 11.1 Å². The van der Waals surface area contributed by atoms with Gasteiger partial charge in [0, 0.05) is 24.7 Å². The van der Waals surface area contributed by atoms with Crippen LogP contribution in [0.1, 0.15) is 26.2 Å². The molecule has 0 aromatic rings. The van der Waals surface area contributed by atoms with E-state index in [2.05, 4.69) is 5.32 Å². The lowest BCUT2D eigenvalue weighted by molar-refractivity contribution is -0.139. The van der Waals surface area contributed by atoms with Crippen molar-refractivity contribution in [2.75, 3.05) is 6.54 Å². The number of carbonyl (C=O) groups excluding carboxylic acids is 3. The highest BCUT2D eigenvalue weighted by molar-refractivity contribution is 6.13. The van der Waals surface area contributed by atoms with Crippen molar-refractivity contribution in [3.8, 4) is 0 Å². The summed E-state index contributed by atoms with van der Waals surface area (Å²) in [4.78, 5) is 45.8. The number of nitrogens with one attached hydrogen (secondary N) is 1. The van der Waals surface area contributed by atoms with Gasteiger partial charge in [0.15, 0.2) is 0 Å². The average Bonchev–Trinajstić information content (AvgIpc) is 2.72. The van der Waals surface area contributed by atoms with Gasteiger partial charge in [0.2, 0.25) is 5.91 Å². The molecule has 0 aliphatic carbocycles. The minimum absolute atomic E-state index is 0.119. The number of carbonyl (C=O) groups is 4. The van der Waals surface area contributed by atoms with Crippen LogP contribution >= 0.6 is 0 Å². The summed E-state index contributed by atoms with van der Waals surface area (Å²) < 4.78 is 0. The molecule has 0 fully saturated rings. The lowest BCUT2D eigenvalue weighted by Crippen LogP contribution is -2.44.